The number of aromatic amines is 1. The maximum absolute atomic E-state index is 13.5. The van der Waals surface area contributed by atoms with Gasteiger partial charge in [0, 0.05) is 24.7 Å². The Hall–Kier alpha value is -3.26. The Morgan fingerprint density at radius 1 is 1.18 bits per heavy atom. The molecule has 2 aromatic carbocycles. The zero-order valence-corrected chi connectivity index (χ0v) is 18.8. The number of amides is 1. The van der Waals surface area contributed by atoms with Crippen LogP contribution in [0, 0.1) is 5.82 Å². The summed E-state index contributed by atoms with van der Waals surface area (Å²) in [6.45, 7) is 4.56. The van der Waals surface area contributed by atoms with Gasteiger partial charge in [-0.3, -0.25) is 19.1 Å². The molecule has 1 unspecified atom stereocenters. The van der Waals surface area contributed by atoms with Gasteiger partial charge >= 0.3 is 5.69 Å². The molecule has 7 nitrogen and oxygen atoms in total. The van der Waals surface area contributed by atoms with E-state index in [0.29, 0.717) is 34.6 Å². The Balaban J connectivity index is 1.48. The van der Waals surface area contributed by atoms with E-state index < -0.39 is 17.1 Å². The molecular weight excluding hydrogens is 423 g/mol. The van der Waals surface area contributed by atoms with Gasteiger partial charge in [0.2, 0.25) is 0 Å². The maximum Gasteiger partial charge on any atom is 0.329 e. The van der Waals surface area contributed by atoms with Crippen molar-refractivity contribution >= 4 is 16.8 Å². The number of H-pyrrole nitrogens is 1. The molecule has 8 heteroatoms. The number of rotatable bonds is 7. The van der Waals surface area contributed by atoms with Crippen LogP contribution in [0.1, 0.15) is 48.5 Å². The average Bonchev–Trinajstić information content (AvgIpc) is 2.81. The highest BCUT2D eigenvalue weighted by molar-refractivity contribution is 5.97. The predicted molar refractivity (Wildman–Crippen MR) is 126 cm³/mol. The topological polar surface area (TPSA) is 87.2 Å². The predicted octanol–water partition coefficient (Wildman–Crippen LogP) is 2.87. The average molecular weight is 453 g/mol. The molecule has 33 heavy (non-hydrogen) atoms. The quantitative estimate of drug-likeness (QED) is 0.577. The van der Waals surface area contributed by atoms with E-state index in [9.17, 15) is 18.8 Å². The second-order valence-electron chi connectivity index (χ2n) is 8.56. The molecule has 1 atom stereocenters. The first-order chi connectivity index (χ1) is 16.0. The Morgan fingerprint density at radius 2 is 2.03 bits per heavy atom. The van der Waals surface area contributed by atoms with Crippen LogP contribution in [0.3, 0.4) is 0 Å². The summed E-state index contributed by atoms with van der Waals surface area (Å²) in [5.41, 5.74) is 0.101. The van der Waals surface area contributed by atoms with Gasteiger partial charge in [0.15, 0.2) is 0 Å². The smallest absolute Gasteiger partial charge is 0.329 e. The fourth-order valence-corrected chi connectivity index (χ4v) is 4.59. The van der Waals surface area contributed by atoms with Gasteiger partial charge in [-0.05, 0) is 61.7 Å². The van der Waals surface area contributed by atoms with Crippen LogP contribution in [-0.2, 0) is 6.54 Å². The highest BCUT2D eigenvalue weighted by Gasteiger charge is 2.20. The zero-order chi connectivity index (χ0) is 23.4. The normalized spacial score (nSPS) is 16.7. The molecule has 174 valence electrons. The first kappa shape index (κ1) is 22.9. The highest BCUT2D eigenvalue weighted by Crippen LogP contribution is 2.18. The van der Waals surface area contributed by atoms with Crippen molar-refractivity contribution in [3.05, 3.63) is 80.2 Å². The summed E-state index contributed by atoms with van der Waals surface area (Å²) in [7, 11) is 0. The number of hydrogen-bond donors (Lipinski definition) is 2. The van der Waals surface area contributed by atoms with Crippen molar-refractivity contribution in [3.8, 4) is 0 Å². The van der Waals surface area contributed by atoms with Crippen molar-refractivity contribution < 1.29 is 9.18 Å². The van der Waals surface area contributed by atoms with Crippen molar-refractivity contribution in [2.24, 2.45) is 0 Å². The van der Waals surface area contributed by atoms with Crippen LogP contribution < -0.4 is 16.6 Å². The SMILES string of the molecule is CCC1CCCCN1CCNC(=O)c1ccc2c(=O)n(Cc3cccc(F)c3)c(=O)[nH]c2c1. The molecule has 4 rings (SSSR count). The number of hydrogen-bond acceptors (Lipinski definition) is 4. The molecule has 1 saturated heterocycles. The van der Waals surface area contributed by atoms with Crippen LogP contribution in [-0.4, -0.2) is 46.0 Å². The van der Waals surface area contributed by atoms with Gasteiger partial charge in [-0.1, -0.05) is 25.5 Å². The lowest BCUT2D eigenvalue weighted by Crippen LogP contribution is -2.43. The lowest BCUT2D eigenvalue weighted by Gasteiger charge is -2.35. The number of aromatic nitrogens is 2. The van der Waals surface area contributed by atoms with Gasteiger partial charge in [0.25, 0.3) is 11.5 Å². The Kier molecular flexibility index (Phi) is 7.03. The lowest BCUT2D eigenvalue weighted by atomic mass is 10.0. The molecule has 0 bridgehead atoms. The number of halogens is 1. The third-order valence-corrected chi connectivity index (χ3v) is 6.38. The van der Waals surface area contributed by atoms with Crippen molar-refractivity contribution in [3.63, 3.8) is 0 Å². The van der Waals surface area contributed by atoms with Crippen molar-refractivity contribution in [1.29, 1.82) is 0 Å². The van der Waals surface area contributed by atoms with E-state index in [0.717, 1.165) is 24.1 Å². The zero-order valence-electron chi connectivity index (χ0n) is 18.8. The number of benzene rings is 2. The van der Waals surface area contributed by atoms with E-state index in [-0.39, 0.29) is 12.5 Å². The summed E-state index contributed by atoms with van der Waals surface area (Å²) in [6, 6.07) is 11.0. The third kappa shape index (κ3) is 5.22. The largest absolute Gasteiger partial charge is 0.351 e. The fourth-order valence-electron chi connectivity index (χ4n) is 4.59. The molecule has 0 radical (unpaired) electrons. The van der Waals surface area contributed by atoms with Crippen LogP contribution in [0.25, 0.3) is 10.9 Å². The fraction of sp³-hybridized carbons (Fsp3) is 0.400. The van der Waals surface area contributed by atoms with E-state index in [1.807, 2.05) is 0 Å². The molecule has 1 aliphatic rings. The van der Waals surface area contributed by atoms with Crippen LogP contribution >= 0.6 is 0 Å². The van der Waals surface area contributed by atoms with E-state index in [2.05, 4.69) is 22.1 Å². The number of nitrogens with one attached hydrogen (secondary N) is 2. The monoisotopic (exact) mass is 452 g/mol. The minimum Gasteiger partial charge on any atom is -0.351 e. The summed E-state index contributed by atoms with van der Waals surface area (Å²) >= 11 is 0. The van der Waals surface area contributed by atoms with Crippen LogP contribution in [0.15, 0.2) is 52.1 Å². The molecule has 2 N–H and O–H groups in total. The number of fused-ring (bicyclic) bond motifs is 1. The van der Waals surface area contributed by atoms with E-state index >= 15 is 0 Å². The molecule has 0 spiro atoms. The Morgan fingerprint density at radius 3 is 2.82 bits per heavy atom. The van der Waals surface area contributed by atoms with Gasteiger partial charge in [0.1, 0.15) is 5.82 Å². The summed E-state index contributed by atoms with van der Waals surface area (Å²) < 4.78 is 14.5. The number of piperidine rings is 1. The summed E-state index contributed by atoms with van der Waals surface area (Å²) in [6.07, 6.45) is 4.78. The summed E-state index contributed by atoms with van der Waals surface area (Å²) in [5.74, 6) is -0.675. The van der Waals surface area contributed by atoms with Crippen molar-refractivity contribution in [2.45, 2.75) is 45.2 Å². The van der Waals surface area contributed by atoms with Crippen LogP contribution in [0.5, 0.6) is 0 Å². The molecule has 3 aromatic rings. The lowest BCUT2D eigenvalue weighted by molar-refractivity contribution is 0.0934. The molecule has 2 heterocycles. The Bertz CT molecular complexity index is 1270. The van der Waals surface area contributed by atoms with Gasteiger partial charge in [-0.15, -0.1) is 0 Å². The minimum absolute atomic E-state index is 0.0423. The number of carbonyl (C=O) groups excluding carboxylic acids is 1. The molecular formula is C25H29FN4O3. The number of nitrogens with zero attached hydrogens (tertiary/aromatic N) is 2. The van der Waals surface area contributed by atoms with Crippen molar-refractivity contribution in [1.82, 2.24) is 19.8 Å². The molecule has 1 aromatic heterocycles. The summed E-state index contributed by atoms with van der Waals surface area (Å²) in [4.78, 5) is 43.2. The Labute approximate surface area is 191 Å². The molecule has 1 aliphatic heterocycles. The van der Waals surface area contributed by atoms with E-state index in [1.54, 1.807) is 18.2 Å². The first-order valence-electron chi connectivity index (χ1n) is 11.5. The van der Waals surface area contributed by atoms with Gasteiger partial charge in [-0.25, -0.2) is 9.18 Å². The maximum atomic E-state index is 13.5. The van der Waals surface area contributed by atoms with Crippen LogP contribution in [0.4, 0.5) is 4.39 Å². The van der Waals surface area contributed by atoms with Gasteiger partial charge in [0.05, 0.1) is 17.4 Å². The second kappa shape index (κ2) is 10.1. The highest BCUT2D eigenvalue weighted by atomic mass is 19.1. The molecule has 0 saturated carbocycles. The van der Waals surface area contributed by atoms with Crippen LogP contribution in [0.2, 0.25) is 0 Å². The van der Waals surface area contributed by atoms with Gasteiger partial charge in [-0.2, -0.15) is 0 Å². The molecule has 1 fully saturated rings. The first-order valence-corrected chi connectivity index (χ1v) is 11.5. The van der Waals surface area contributed by atoms with Gasteiger partial charge < -0.3 is 10.3 Å². The second-order valence-corrected chi connectivity index (χ2v) is 8.56. The summed E-state index contributed by atoms with van der Waals surface area (Å²) in [5, 5.41) is 3.24. The minimum atomic E-state index is -0.606. The number of carbonyl (C=O) groups is 1. The van der Waals surface area contributed by atoms with Crippen molar-refractivity contribution in [2.75, 3.05) is 19.6 Å². The standard InChI is InChI=1S/C25H29FN4O3/c1-2-20-8-3-4-12-29(20)13-11-27-23(31)18-9-10-21-22(15-18)28-25(33)30(24(21)32)16-17-6-5-7-19(26)14-17/h5-7,9-10,14-15,20H,2-4,8,11-13,16H2,1H3,(H,27,31)(H,28,33). The third-order valence-electron chi connectivity index (χ3n) is 6.38. The number of likely N-dealkylation sites (tertiary alicyclic amines) is 1. The molecule has 1 amide bonds. The van der Waals surface area contributed by atoms with E-state index in [4.69, 9.17) is 0 Å². The molecule has 0 aliphatic carbocycles. The van der Waals surface area contributed by atoms with E-state index in [1.165, 1.54) is 43.5 Å².